The van der Waals surface area contributed by atoms with Crippen molar-refractivity contribution in [3.05, 3.63) is 28.2 Å². The number of ether oxygens (including phenoxy) is 3. The lowest BCUT2D eigenvalue weighted by atomic mass is 10.3. The van der Waals surface area contributed by atoms with Crippen LogP contribution in [0.15, 0.2) is 18.2 Å². The second-order valence-corrected chi connectivity index (χ2v) is 4.85. The van der Waals surface area contributed by atoms with E-state index < -0.39 is 0 Å². The fourth-order valence-corrected chi connectivity index (χ4v) is 2.43. The standard InChI is InChI=1S/C12H12ClNO4S/c1-16-7-4-3-5-8(17-2)10(7)18-12-14-11(13)9(6-15)19-12/h3-5,15H,6H2,1-2H3. The molecule has 2 aromatic rings. The molecule has 0 saturated heterocycles. The number of halogens is 1. The number of aliphatic hydroxyl groups excluding tert-OH is 1. The Morgan fingerprint density at radius 1 is 1.26 bits per heavy atom. The largest absolute Gasteiger partial charge is 0.493 e. The Hall–Kier alpha value is -1.50. The van der Waals surface area contributed by atoms with Crippen molar-refractivity contribution in [3.8, 4) is 22.4 Å². The van der Waals surface area contributed by atoms with Gasteiger partial charge in [-0.05, 0) is 12.1 Å². The number of thiazole rings is 1. The van der Waals surface area contributed by atoms with E-state index in [2.05, 4.69) is 4.98 Å². The maximum atomic E-state index is 9.08. The molecule has 0 fully saturated rings. The van der Waals surface area contributed by atoms with Gasteiger partial charge < -0.3 is 19.3 Å². The van der Waals surface area contributed by atoms with Crippen LogP contribution in [0, 0.1) is 0 Å². The lowest BCUT2D eigenvalue weighted by Gasteiger charge is -2.11. The van der Waals surface area contributed by atoms with Gasteiger partial charge in [0.25, 0.3) is 5.19 Å². The molecule has 0 bridgehead atoms. The van der Waals surface area contributed by atoms with Gasteiger partial charge >= 0.3 is 0 Å². The maximum absolute atomic E-state index is 9.08. The molecule has 0 amide bonds. The number of hydrogen-bond donors (Lipinski definition) is 1. The highest BCUT2D eigenvalue weighted by Gasteiger charge is 2.16. The average Bonchev–Trinajstić information content (AvgIpc) is 2.79. The van der Waals surface area contributed by atoms with Crippen LogP contribution in [0.5, 0.6) is 22.4 Å². The van der Waals surface area contributed by atoms with Crippen molar-refractivity contribution < 1.29 is 19.3 Å². The summed E-state index contributed by atoms with van der Waals surface area (Å²) in [5, 5.41) is 9.63. The summed E-state index contributed by atoms with van der Waals surface area (Å²) in [6.45, 7) is -0.178. The van der Waals surface area contributed by atoms with Crippen molar-refractivity contribution in [2.45, 2.75) is 6.61 Å². The molecule has 0 saturated carbocycles. The van der Waals surface area contributed by atoms with Crippen LogP contribution >= 0.6 is 22.9 Å². The van der Waals surface area contributed by atoms with Crippen LogP contribution in [0.25, 0.3) is 0 Å². The third-order valence-corrected chi connectivity index (χ3v) is 3.69. The van der Waals surface area contributed by atoms with Gasteiger partial charge in [0.15, 0.2) is 11.5 Å². The highest BCUT2D eigenvalue weighted by Crippen LogP contribution is 2.41. The molecule has 1 aromatic heterocycles. The zero-order valence-corrected chi connectivity index (χ0v) is 11.9. The van der Waals surface area contributed by atoms with E-state index in [1.165, 1.54) is 25.6 Å². The van der Waals surface area contributed by atoms with E-state index in [4.69, 9.17) is 30.9 Å². The normalized spacial score (nSPS) is 10.3. The number of methoxy groups -OCH3 is 2. The molecular weight excluding hydrogens is 290 g/mol. The minimum absolute atomic E-state index is 0.178. The van der Waals surface area contributed by atoms with Crippen LogP contribution in [0.2, 0.25) is 5.15 Å². The number of nitrogens with zero attached hydrogens (tertiary/aromatic N) is 1. The van der Waals surface area contributed by atoms with E-state index in [0.29, 0.717) is 27.3 Å². The lowest BCUT2D eigenvalue weighted by Crippen LogP contribution is -1.93. The van der Waals surface area contributed by atoms with Crippen LogP contribution in [0.1, 0.15) is 4.88 Å². The first-order valence-electron chi connectivity index (χ1n) is 5.34. The van der Waals surface area contributed by atoms with Gasteiger partial charge in [-0.1, -0.05) is 29.0 Å². The van der Waals surface area contributed by atoms with Gasteiger partial charge in [0.1, 0.15) is 5.15 Å². The van der Waals surface area contributed by atoms with E-state index in [1.54, 1.807) is 18.2 Å². The lowest BCUT2D eigenvalue weighted by molar-refractivity contribution is 0.285. The van der Waals surface area contributed by atoms with Gasteiger partial charge in [-0.3, -0.25) is 0 Å². The molecule has 7 heteroatoms. The van der Waals surface area contributed by atoms with Crippen molar-refractivity contribution in [2.24, 2.45) is 0 Å². The van der Waals surface area contributed by atoms with Crippen molar-refractivity contribution in [2.75, 3.05) is 14.2 Å². The van der Waals surface area contributed by atoms with E-state index in [1.807, 2.05) is 0 Å². The van der Waals surface area contributed by atoms with Crippen molar-refractivity contribution in [3.63, 3.8) is 0 Å². The maximum Gasteiger partial charge on any atom is 0.280 e. The molecule has 102 valence electrons. The summed E-state index contributed by atoms with van der Waals surface area (Å²) >= 11 is 7.02. The van der Waals surface area contributed by atoms with Crippen molar-refractivity contribution in [1.82, 2.24) is 4.98 Å². The van der Waals surface area contributed by atoms with E-state index in [-0.39, 0.29) is 11.8 Å². The summed E-state index contributed by atoms with van der Waals surface area (Å²) < 4.78 is 16.1. The summed E-state index contributed by atoms with van der Waals surface area (Å²) in [7, 11) is 3.07. The Balaban J connectivity index is 2.36. The first-order chi connectivity index (χ1) is 9.19. The van der Waals surface area contributed by atoms with E-state index >= 15 is 0 Å². The van der Waals surface area contributed by atoms with Gasteiger partial charge in [-0.2, -0.15) is 4.98 Å². The SMILES string of the molecule is COc1cccc(OC)c1Oc1nc(Cl)c(CO)s1. The molecule has 0 unspecified atom stereocenters. The topological polar surface area (TPSA) is 60.8 Å². The summed E-state index contributed by atoms with van der Waals surface area (Å²) in [6, 6.07) is 5.29. The molecule has 0 radical (unpaired) electrons. The summed E-state index contributed by atoms with van der Waals surface area (Å²) in [5.41, 5.74) is 0. The Labute approximate surface area is 119 Å². The van der Waals surface area contributed by atoms with E-state index in [0.717, 1.165) is 0 Å². The molecule has 0 aliphatic heterocycles. The first kappa shape index (κ1) is 13.9. The monoisotopic (exact) mass is 301 g/mol. The molecule has 0 aliphatic carbocycles. The summed E-state index contributed by atoms with van der Waals surface area (Å²) in [6.07, 6.45) is 0. The highest BCUT2D eigenvalue weighted by atomic mass is 35.5. The molecule has 2 rings (SSSR count). The molecule has 0 atom stereocenters. The summed E-state index contributed by atoms with van der Waals surface area (Å²) in [5.74, 6) is 1.47. The molecule has 0 spiro atoms. The Morgan fingerprint density at radius 3 is 2.37 bits per heavy atom. The average molecular weight is 302 g/mol. The molecule has 1 N–H and O–H groups in total. The van der Waals surface area contributed by atoms with Gasteiger partial charge in [-0.25, -0.2) is 0 Å². The molecule has 1 heterocycles. The van der Waals surface area contributed by atoms with Crippen LogP contribution in [-0.2, 0) is 6.61 Å². The van der Waals surface area contributed by atoms with Crippen LogP contribution in [-0.4, -0.2) is 24.3 Å². The number of aliphatic hydroxyl groups is 1. The second-order valence-electron chi connectivity index (χ2n) is 3.45. The van der Waals surface area contributed by atoms with Gasteiger partial charge in [0.2, 0.25) is 5.75 Å². The third-order valence-electron chi connectivity index (χ3n) is 2.35. The quantitative estimate of drug-likeness (QED) is 0.919. The smallest absolute Gasteiger partial charge is 0.280 e. The Morgan fingerprint density at radius 2 is 1.89 bits per heavy atom. The fraction of sp³-hybridized carbons (Fsp3) is 0.250. The van der Waals surface area contributed by atoms with Gasteiger partial charge in [0, 0.05) is 0 Å². The number of hydrogen-bond acceptors (Lipinski definition) is 6. The fourth-order valence-electron chi connectivity index (χ4n) is 1.46. The molecular formula is C12H12ClNO4S. The molecule has 0 aliphatic rings. The molecule has 5 nitrogen and oxygen atoms in total. The predicted octanol–water partition coefficient (Wildman–Crippen LogP) is 3.10. The third kappa shape index (κ3) is 2.91. The number of benzene rings is 1. The second kappa shape index (κ2) is 6.10. The molecule has 1 aromatic carbocycles. The predicted molar refractivity (Wildman–Crippen MR) is 72.7 cm³/mol. The number of aromatic nitrogens is 1. The summed E-state index contributed by atoms with van der Waals surface area (Å²) in [4.78, 5) is 4.56. The van der Waals surface area contributed by atoms with Crippen LogP contribution in [0.3, 0.4) is 0 Å². The first-order valence-corrected chi connectivity index (χ1v) is 6.54. The zero-order valence-electron chi connectivity index (χ0n) is 10.3. The highest BCUT2D eigenvalue weighted by molar-refractivity contribution is 7.13. The molecule has 19 heavy (non-hydrogen) atoms. The van der Waals surface area contributed by atoms with Crippen molar-refractivity contribution >= 4 is 22.9 Å². The number of para-hydroxylation sites is 1. The van der Waals surface area contributed by atoms with Crippen molar-refractivity contribution in [1.29, 1.82) is 0 Å². The Bertz CT molecular complexity index is 551. The minimum Gasteiger partial charge on any atom is -0.493 e. The van der Waals surface area contributed by atoms with Gasteiger partial charge in [-0.15, -0.1) is 0 Å². The number of rotatable bonds is 5. The zero-order chi connectivity index (χ0) is 13.8. The van der Waals surface area contributed by atoms with Crippen LogP contribution in [0.4, 0.5) is 0 Å². The minimum atomic E-state index is -0.178. The van der Waals surface area contributed by atoms with Crippen LogP contribution < -0.4 is 14.2 Å². The Kier molecular flexibility index (Phi) is 4.47. The van der Waals surface area contributed by atoms with Gasteiger partial charge in [0.05, 0.1) is 25.7 Å². The van der Waals surface area contributed by atoms with E-state index in [9.17, 15) is 0 Å².